The summed E-state index contributed by atoms with van der Waals surface area (Å²) < 4.78 is 27.9. The number of rotatable bonds is 18. The Morgan fingerprint density at radius 3 is 1.64 bits per heavy atom. The van der Waals surface area contributed by atoms with E-state index in [-0.39, 0.29) is 6.67 Å². The van der Waals surface area contributed by atoms with E-state index in [0.29, 0.717) is 0 Å². The molecule has 0 aromatic rings. The Morgan fingerprint density at radius 1 is 0.821 bits per heavy atom. The van der Waals surface area contributed by atoms with Crippen LogP contribution in [0.2, 0.25) is 33.0 Å². The summed E-state index contributed by atoms with van der Waals surface area (Å²) in [4.78, 5) is 0. The Hall–Kier alpha value is 0.646. The quantitative estimate of drug-likeness (QED) is 0.164. The SMILES string of the molecule is CCCCC(CF)(CC=[CH][Sn]([CH2]CCC)([CH2]CCC)[CH2]CCC)O[Si](C)(C)C. The average Bonchev–Trinajstić information content (AvgIpc) is 2.65. The molecule has 4 heteroatoms. The minimum absolute atomic E-state index is 0.344. The molecule has 1 atom stereocenters. The van der Waals surface area contributed by atoms with Crippen molar-refractivity contribution in [1.29, 1.82) is 0 Å². The molecule has 0 bridgehead atoms. The molecular formula is C24H51FOSiSn. The third-order valence-corrected chi connectivity index (χ3v) is 21.1. The zero-order valence-electron chi connectivity index (χ0n) is 20.3. The van der Waals surface area contributed by atoms with Crippen LogP contribution in [0, 0.1) is 0 Å². The van der Waals surface area contributed by atoms with Crippen LogP contribution in [0.3, 0.4) is 0 Å². The van der Waals surface area contributed by atoms with Gasteiger partial charge in [-0.05, 0) is 0 Å². The summed E-state index contributed by atoms with van der Waals surface area (Å²) in [7, 11) is -1.78. The molecule has 168 valence electrons. The molecular weight excluding hydrogens is 470 g/mol. The molecule has 0 rings (SSSR count). The van der Waals surface area contributed by atoms with Gasteiger partial charge in [-0.2, -0.15) is 0 Å². The molecule has 0 aliphatic heterocycles. The summed E-state index contributed by atoms with van der Waals surface area (Å²) >= 11 is -2.28. The molecule has 28 heavy (non-hydrogen) atoms. The van der Waals surface area contributed by atoms with E-state index < -0.39 is 32.3 Å². The molecule has 1 nitrogen and oxygen atoms in total. The van der Waals surface area contributed by atoms with Crippen molar-refractivity contribution in [3.8, 4) is 0 Å². The van der Waals surface area contributed by atoms with E-state index in [4.69, 9.17) is 4.43 Å². The van der Waals surface area contributed by atoms with E-state index in [9.17, 15) is 4.39 Å². The van der Waals surface area contributed by atoms with Crippen molar-refractivity contribution in [2.24, 2.45) is 0 Å². The Bertz CT molecular complexity index is 386. The van der Waals surface area contributed by atoms with Crippen LogP contribution in [0.1, 0.15) is 91.9 Å². The third-order valence-electron chi connectivity index (χ3n) is 5.80. The van der Waals surface area contributed by atoms with E-state index >= 15 is 0 Å². The van der Waals surface area contributed by atoms with Crippen LogP contribution < -0.4 is 0 Å². The number of halogens is 1. The molecule has 0 aliphatic carbocycles. The molecule has 0 aromatic heterocycles. The van der Waals surface area contributed by atoms with Crippen LogP contribution in [-0.4, -0.2) is 39.0 Å². The molecule has 0 saturated heterocycles. The molecule has 0 aromatic carbocycles. The number of alkyl halides is 1. The first kappa shape index (κ1) is 28.6. The Morgan fingerprint density at radius 2 is 1.29 bits per heavy atom. The Labute approximate surface area is 182 Å². The molecule has 0 aliphatic rings. The van der Waals surface area contributed by atoms with Gasteiger partial charge in [0.25, 0.3) is 0 Å². The molecule has 0 fully saturated rings. The van der Waals surface area contributed by atoms with Crippen LogP contribution >= 0.6 is 0 Å². The zero-order chi connectivity index (χ0) is 21.5. The van der Waals surface area contributed by atoms with Crippen molar-refractivity contribution in [3.05, 3.63) is 10.2 Å². The summed E-state index contributed by atoms with van der Waals surface area (Å²) in [5.74, 6) is 0. The molecule has 0 saturated carbocycles. The molecule has 0 N–H and O–H groups in total. The molecule has 0 radical (unpaired) electrons. The van der Waals surface area contributed by atoms with Gasteiger partial charge in [0.15, 0.2) is 0 Å². The molecule has 0 spiro atoms. The summed E-state index contributed by atoms with van der Waals surface area (Å²) in [5, 5.41) is 0. The summed E-state index contributed by atoms with van der Waals surface area (Å²) in [6, 6.07) is 0. The molecule has 1 unspecified atom stereocenters. The minimum atomic E-state index is -2.28. The van der Waals surface area contributed by atoms with Crippen molar-refractivity contribution in [1.82, 2.24) is 0 Å². The van der Waals surface area contributed by atoms with Gasteiger partial charge < -0.3 is 0 Å². The van der Waals surface area contributed by atoms with Crippen LogP contribution in [-0.2, 0) is 4.43 Å². The van der Waals surface area contributed by atoms with Gasteiger partial charge in [0, 0.05) is 0 Å². The fourth-order valence-electron chi connectivity index (χ4n) is 4.23. The normalized spacial score (nSPS) is 15.3. The van der Waals surface area contributed by atoms with Crippen molar-refractivity contribution in [2.75, 3.05) is 6.67 Å². The predicted molar refractivity (Wildman–Crippen MR) is 131 cm³/mol. The second-order valence-corrected chi connectivity index (χ2v) is 27.4. The van der Waals surface area contributed by atoms with Crippen molar-refractivity contribution in [3.63, 3.8) is 0 Å². The van der Waals surface area contributed by atoms with Gasteiger partial charge in [0.2, 0.25) is 0 Å². The first-order valence-electron chi connectivity index (χ1n) is 12.2. The van der Waals surface area contributed by atoms with Crippen LogP contribution in [0.4, 0.5) is 4.39 Å². The van der Waals surface area contributed by atoms with E-state index in [1.165, 1.54) is 51.8 Å². The fraction of sp³-hybridized carbons (Fsp3) is 0.917. The van der Waals surface area contributed by atoms with Crippen molar-refractivity contribution in [2.45, 2.75) is 130 Å². The van der Waals surface area contributed by atoms with Gasteiger partial charge in [-0.1, -0.05) is 0 Å². The number of hydrogen-bond donors (Lipinski definition) is 0. The monoisotopic (exact) mass is 522 g/mol. The summed E-state index contributed by atoms with van der Waals surface area (Å²) in [6.45, 7) is 15.4. The van der Waals surface area contributed by atoms with E-state index in [1.807, 2.05) is 0 Å². The van der Waals surface area contributed by atoms with E-state index in [0.717, 1.165) is 25.7 Å². The van der Waals surface area contributed by atoms with E-state index in [1.54, 1.807) is 0 Å². The van der Waals surface area contributed by atoms with Gasteiger partial charge in [0.1, 0.15) is 0 Å². The topological polar surface area (TPSA) is 9.23 Å². The number of hydrogen-bond acceptors (Lipinski definition) is 1. The second-order valence-electron chi connectivity index (χ2n) is 9.91. The number of unbranched alkanes of at least 4 members (excludes halogenated alkanes) is 4. The van der Waals surface area contributed by atoms with Gasteiger partial charge >= 0.3 is 183 Å². The van der Waals surface area contributed by atoms with Crippen LogP contribution in [0.5, 0.6) is 0 Å². The zero-order valence-corrected chi connectivity index (χ0v) is 24.2. The summed E-state index contributed by atoms with van der Waals surface area (Å²) in [5.41, 5.74) is -0.575. The Kier molecular flexibility index (Phi) is 15.8. The van der Waals surface area contributed by atoms with Crippen LogP contribution in [0.25, 0.3) is 0 Å². The fourth-order valence-corrected chi connectivity index (χ4v) is 20.2. The first-order valence-corrected chi connectivity index (χ1v) is 23.3. The summed E-state index contributed by atoms with van der Waals surface area (Å²) in [6.07, 6.45) is 14.2. The third kappa shape index (κ3) is 12.4. The van der Waals surface area contributed by atoms with Crippen LogP contribution in [0.15, 0.2) is 10.2 Å². The maximum atomic E-state index is 14.3. The van der Waals surface area contributed by atoms with Crippen molar-refractivity contribution >= 4 is 26.7 Å². The molecule has 0 amide bonds. The standard InChI is InChI=1S/C12H24FOSi.3C4H9.Sn/c1-6-8-10-12(11-13,9-7-2)14-15(3,4)5;3*1-3-4-2;/h2,7H,6,8-11H2,1,3-5H3;3*1,3-4H2,2H3;. The second kappa shape index (κ2) is 15.4. The van der Waals surface area contributed by atoms with Gasteiger partial charge in [0.05, 0.1) is 0 Å². The van der Waals surface area contributed by atoms with Gasteiger partial charge in [-0.25, -0.2) is 0 Å². The van der Waals surface area contributed by atoms with E-state index in [2.05, 4.69) is 57.5 Å². The molecule has 0 heterocycles. The maximum absolute atomic E-state index is 14.3. The van der Waals surface area contributed by atoms with Gasteiger partial charge in [-0.3, -0.25) is 0 Å². The van der Waals surface area contributed by atoms with Crippen molar-refractivity contribution < 1.29 is 8.82 Å². The van der Waals surface area contributed by atoms with Gasteiger partial charge in [-0.15, -0.1) is 0 Å². The Balaban J connectivity index is 5.49. The average molecular weight is 521 g/mol. The first-order chi connectivity index (χ1) is 13.2. The predicted octanol–water partition coefficient (Wildman–Crippen LogP) is 9.07.